The Morgan fingerprint density at radius 1 is 1.36 bits per heavy atom. The van der Waals surface area contributed by atoms with E-state index in [0.29, 0.717) is 11.3 Å². The van der Waals surface area contributed by atoms with Gasteiger partial charge < -0.3 is 5.73 Å². The lowest BCUT2D eigenvalue weighted by molar-refractivity contribution is -0.109. The fourth-order valence-corrected chi connectivity index (χ4v) is 2.42. The monoisotopic (exact) mass is 173 g/mol. The topological polar surface area (TPSA) is 43.1 Å². The Kier molecular flexibility index (Phi) is 3.40. The highest BCUT2D eigenvalue weighted by Gasteiger charge is 2.19. The van der Waals surface area contributed by atoms with Crippen LogP contribution in [0.5, 0.6) is 0 Å². The highest BCUT2D eigenvalue weighted by molar-refractivity contribution is 8.14. The number of hydrogen-bond acceptors (Lipinski definition) is 3. The minimum atomic E-state index is 0.241. The Balaban J connectivity index is 2.22. The van der Waals surface area contributed by atoms with E-state index in [1.54, 1.807) is 6.92 Å². The van der Waals surface area contributed by atoms with E-state index in [0.717, 1.165) is 25.7 Å². The molecule has 0 atom stereocenters. The molecule has 2 nitrogen and oxygen atoms in total. The molecule has 0 amide bonds. The Morgan fingerprint density at radius 2 is 1.91 bits per heavy atom. The molecule has 0 aromatic rings. The van der Waals surface area contributed by atoms with Crippen molar-refractivity contribution in [2.24, 2.45) is 5.73 Å². The normalized spacial score (nSPS) is 31.8. The molecule has 1 rings (SSSR count). The van der Waals surface area contributed by atoms with Crippen molar-refractivity contribution >= 4 is 16.9 Å². The molecular formula is C8H15NOS. The van der Waals surface area contributed by atoms with Crippen molar-refractivity contribution in [3.8, 4) is 0 Å². The van der Waals surface area contributed by atoms with Crippen molar-refractivity contribution in [1.29, 1.82) is 0 Å². The molecule has 64 valence electrons. The van der Waals surface area contributed by atoms with E-state index in [9.17, 15) is 4.79 Å². The largest absolute Gasteiger partial charge is 0.328 e. The minimum Gasteiger partial charge on any atom is -0.328 e. The standard InChI is InChI=1S/C8H15NOS/c1-6(10)11-8-4-2-7(9)3-5-8/h7-8H,2-5,9H2,1H3. The molecule has 11 heavy (non-hydrogen) atoms. The van der Waals surface area contributed by atoms with E-state index in [2.05, 4.69) is 0 Å². The second kappa shape index (κ2) is 4.12. The summed E-state index contributed by atoms with van der Waals surface area (Å²) in [6, 6.07) is 0.388. The van der Waals surface area contributed by atoms with Gasteiger partial charge in [0, 0.05) is 18.2 Å². The number of nitrogens with two attached hydrogens (primary N) is 1. The molecule has 2 N–H and O–H groups in total. The molecule has 1 aliphatic carbocycles. The van der Waals surface area contributed by atoms with Crippen molar-refractivity contribution in [2.75, 3.05) is 0 Å². The van der Waals surface area contributed by atoms with Crippen molar-refractivity contribution in [2.45, 2.75) is 43.9 Å². The summed E-state index contributed by atoms with van der Waals surface area (Å²) < 4.78 is 0. The Bertz CT molecular complexity index is 141. The second-order valence-corrected chi connectivity index (χ2v) is 4.62. The zero-order valence-electron chi connectivity index (χ0n) is 6.88. The molecule has 0 saturated heterocycles. The summed E-state index contributed by atoms with van der Waals surface area (Å²) in [5.74, 6) is 0. The van der Waals surface area contributed by atoms with Crippen LogP contribution in [0.15, 0.2) is 0 Å². The average Bonchev–Trinajstić information content (AvgIpc) is 1.93. The van der Waals surface area contributed by atoms with Gasteiger partial charge in [0.05, 0.1) is 0 Å². The van der Waals surface area contributed by atoms with Crippen molar-refractivity contribution in [3.05, 3.63) is 0 Å². The maximum absolute atomic E-state index is 10.7. The highest BCUT2D eigenvalue weighted by Crippen LogP contribution is 2.27. The molecule has 0 heterocycles. The molecular weight excluding hydrogens is 158 g/mol. The SMILES string of the molecule is CC(=O)SC1CCC(N)CC1. The Labute approximate surface area is 71.9 Å². The lowest BCUT2D eigenvalue weighted by Gasteiger charge is -2.24. The Hall–Kier alpha value is -0.0200. The molecule has 0 radical (unpaired) electrons. The molecule has 3 heteroatoms. The molecule has 0 aromatic heterocycles. The van der Waals surface area contributed by atoms with Crippen LogP contribution in [0.3, 0.4) is 0 Å². The first-order valence-corrected chi connectivity index (χ1v) is 4.99. The lowest BCUT2D eigenvalue weighted by atomic mass is 9.96. The van der Waals surface area contributed by atoms with Gasteiger partial charge in [-0.15, -0.1) is 0 Å². The number of carbonyl (C=O) groups is 1. The van der Waals surface area contributed by atoms with E-state index in [-0.39, 0.29) is 5.12 Å². The number of rotatable bonds is 1. The van der Waals surface area contributed by atoms with Gasteiger partial charge in [0.25, 0.3) is 0 Å². The van der Waals surface area contributed by atoms with Gasteiger partial charge in [-0.25, -0.2) is 0 Å². The summed E-state index contributed by atoms with van der Waals surface area (Å²) in [5.41, 5.74) is 5.73. The van der Waals surface area contributed by atoms with Gasteiger partial charge in [0.1, 0.15) is 0 Å². The summed E-state index contributed by atoms with van der Waals surface area (Å²) in [4.78, 5) is 10.7. The van der Waals surface area contributed by atoms with E-state index in [1.165, 1.54) is 11.8 Å². The van der Waals surface area contributed by atoms with E-state index in [1.807, 2.05) is 0 Å². The fraction of sp³-hybridized carbons (Fsp3) is 0.875. The zero-order chi connectivity index (χ0) is 8.27. The molecule has 0 unspecified atom stereocenters. The van der Waals surface area contributed by atoms with Crippen LogP contribution >= 0.6 is 11.8 Å². The molecule has 0 bridgehead atoms. The quantitative estimate of drug-likeness (QED) is 0.654. The van der Waals surface area contributed by atoms with Crippen molar-refractivity contribution in [3.63, 3.8) is 0 Å². The van der Waals surface area contributed by atoms with Crippen LogP contribution in [-0.2, 0) is 4.79 Å². The van der Waals surface area contributed by atoms with Gasteiger partial charge in [0.2, 0.25) is 0 Å². The van der Waals surface area contributed by atoms with Gasteiger partial charge in [-0.05, 0) is 25.7 Å². The van der Waals surface area contributed by atoms with Crippen LogP contribution in [-0.4, -0.2) is 16.4 Å². The summed E-state index contributed by atoms with van der Waals surface area (Å²) in [6.45, 7) is 1.64. The third kappa shape index (κ3) is 3.25. The van der Waals surface area contributed by atoms with E-state index in [4.69, 9.17) is 5.73 Å². The van der Waals surface area contributed by atoms with Crippen LogP contribution in [0.25, 0.3) is 0 Å². The number of carbonyl (C=O) groups excluding carboxylic acids is 1. The van der Waals surface area contributed by atoms with Crippen molar-refractivity contribution in [1.82, 2.24) is 0 Å². The van der Waals surface area contributed by atoms with Gasteiger partial charge in [-0.2, -0.15) is 0 Å². The number of thioether (sulfide) groups is 1. The van der Waals surface area contributed by atoms with Crippen LogP contribution in [0.2, 0.25) is 0 Å². The predicted molar refractivity (Wildman–Crippen MR) is 48.5 cm³/mol. The summed E-state index contributed by atoms with van der Waals surface area (Å²) in [5, 5.41) is 0.790. The van der Waals surface area contributed by atoms with Gasteiger partial charge >= 0.3 is 0 Å². The van der Waals surface area contributed by atoms with Gasteiger partial charge in [-0.1, -0.05) is 11.8 Å². The molecule has 1 saturated carbocycles. The van der Waals surface area contributed by atoms with Crippen LogP contribution < -0.4 is 5.73 Å². The predicted octanol–water partition coefficient (Wildman–Crippen LogP) is 1.54. The smallest absolute Gasteiger partial charge is 0.186 e. The van der Waals surface area contributed by atoms with Crippen LogP contribution in [0, 0.1) is 0 Å². The van der Waals surface area contributed by atoms with Crippen molar-refractivity contribution < 1.29 is 4.79 Å². The second-order valence-electron chi connectivity index (χ2n) is 3.15. The van der Waals surface area contributed by atoms with Crippen LogP contribution in [0.4, 0.5) is 0 Å². The molecule has 1 fully saturated rings. The van der Waals surface area contributed by atoms with Gasteiger partial charge in [0.15, 0.2) is 5.12 Å². The van der Waals surface area contributed by atoms with E-state index < -0.39 is 0 Å². The maximum Gasteiger partial charge on any atom is 0.186 e. The lowest BCUT2D eigenvalue weighted by Crippen LogP contribution is -2.27. The minimum absolute atomic E-state index is 0.241. The zero-order valence-corrected chi connectivity index (χ0v) is 7.69. The van der Waals surface area contributed by atoms with E-state index >= 15 is 0 Å². The number of hydrogen-bond donors (Lipinski definition) is 1. The average molecular weight is 173 g/mol. The molecule has 0 aliphatic heterocycles. The molecule has 1 aliphatic rings. The van der Waals surface area contributed by atoms with Crippen LogP contribution in [0.1, 0.15) is 32.6 Å². The third-order valence-corrected chi connectivity index (χ3v) is 3.19. The maximum atomic E-state index is 10.7. The summed E-state index contributed by atoms with van der Waals surface area (Å²) >= 11 is 1.48. The highest BCUT2D eigenvalue weighted by atomic mass is 32.2. The van der Waals surface area contributed by atoms with Gasteiger partial charge in [-0.3, -0.25) is 4.79 Å². The summed E-state index contributed by atoms with van der Waals surface area (Å²) in [7, 11) is 0. The fourth-order valence-electron chi connectivity index (χ4n) is 1.44. The summed E-state index contributed by atoms with van der Waals surface area (Å²) in [6.07, 6.45) is 4.41. The first-order valence-electron chi connectivity index (χ1n) is 4.11. The molecule has 0 aromatic carbocycles. The first kappa shape index (κ1) is 9.07. The third-order valence-electron chi connectivity index (χ3n) is 2.05. The first-order chi connectivity index (χ1) is 5.18. The Morgan fingerprint density at radius 3 is 2.36 bits per heavy atom. The molecule has 0 spiro atoms.